The maximum Gasteiger partial charge on any atom is 0.303 e. The molecule has 3 N–H and O–H groups in total. The average molecular weight is 506 g/mol. The molecule has 10 heteroatoms. The van der Waals surface area contributed by atoms with Gasteiger partial charge in [-0.2, -0.15) is 0 Å². The molecular formula is C25H28ClNO8. The second-order valence-electron chi connectivity index (χ2n) is 8.36. The third-order valence-electron chi connectivity index (χ3n) is 5.48. The number of anilines is 1. The van der Waals surface area contributed by atoms with Gasteiger partial charge in [-0.15, -0.1) is 0 Å². The number of nitrogen functional groups attached to an aromatic ring is 1. The number of ether oxygens (including phenoxy) is 4. The number of halogens is 1. The van der Waals surface area contributed by atoms with E-state index in [1.54, 1.807) is 24.3 Å². The average Bonchev–Trinajstić information content (AvgIpc) is 2.77. The molecule has 35 heavy (non-hydrogen) atoms. The smallest absolute Gasteiger partial charge is 0.303 e. The number of rotatable bonds is 7. The number of phenols is 1. The van der Waals surface area contributed by atoms with Crippen LogP contribution in [0.1, 0.15) is 50.0 Å². The van der Waals surface area contributed by atoms with E-state index in [1.807, 2.05) is 6.07 Å². The number of hydrogen-bond acceptors (Lipinski definition) is 9. The Morgan fingerprint density at radius 1 is 1.06 bits per heavy atom. The van der Waals surface area contributed by atoms with Gasteiger partial charge in [0.05, 0.1) is 11.8 Å². The summed E-state index contributed by atoms with van der Waals surface area (Å²) in [7, 11) is 0. The van der Waals surface area contributed by atoms with Gasteiger partial charge in [0.15, 0.2) is 6.10 Å². The highest BCUT2D eigenvalue weighted by Gasteiger charge is 2.44. The van der Waals surface area contributed by atoms with Crippen molar-refractivity contribution < 1.29 is 38.4 Å². The zero-order valence-corrected chi connectivity index (χ0v) is 20.4. The predicted molar refractivity (Wildman–Crippen MR) is 127 cm³/mol. The first-order valence-corrected chi connectivity index (χ1v) is 11.4. The summed E-state index contributed by atoms with van der Waals surface area (Å²) in [4.78, 5) is 35.0. The van der Waals surface area contributed by atoms with Crippen LogP contribution in [0.15, 0.2) is 36.4 Å². The minimum Gasteiger partial charge on any atom is -0.506 e. The Morgan fingerprint density at radius 3 is 2.40 bits per heavy atom. The van der Waals surface area contributed by atoms with E-state index in [2.05, 4.69) is 0 Å². The van der Waals surface area contributed by atoms with Crippen molar-refractivity contribution in [1.82, 2.24) is 0 Å². The van der Waals surface area contributed by atoms with Crippen LogP contribution in [-0.2, 0) is 39.8 Å². The molecule has 3 rings (SSSR count). The molecule has 188 valence electrons. The Bertz CT molecular complexity index is 1100. The highest BCUT2D eigenvalue weighted by atomic mass is 35.5. The summed E-state index contributed by atoms with van der Waals surface area (Å²) in [6, 6.07) is 10.1. The van der Waals surface area contributed by atoms with Gasteiger partial charge in [-0.3, -0.25) is 14.4 Å². The standard InChI is InChI=1S/C25H28ClNO8/c1-13(28)32-12-19-11-23(33-14(2)29)25(34-15(3)30)24(35-19)17-5-6-20(26)18(10-17)8-16-4-7-22(31)21(27)9-16/h4-7,9-10,19,23-25,31H,8,11-12,27H2,1-3H3/t19-,23-,24-,25+/m0/s1. The van der Waals surface area contributed by atoms with Gasteiger partial charge in [-0.1, -0.05) is 29.8 Å². The van der Waals surface area contributed by atoms with Gasteiger partial charge in [-0.25, -0.2) is 0 Å². The van der Waals surface area contributed by atoms with Gasteiger partial charge in [0, 0.05) is 32.2 Å². The maximum atomic E-state index is 11.9. The lowest BCUT2D eigenvalue weighted by Crippen LogP contribution is -2.49. The SMILES string of the molecule is CC(=O)OC[C@@H]1C[C@H](OC(C)=O)[C@@H](OC(C)=O)[C@H](c2ccc(Cl)c(Cc3ccc(O)c(N)c3)c2)O1. The predicted octanol–water partition coefficient (Wildman–Crippen LogP) is 3.48. The fourth-order valence-electron chi connectivity index (χ4n) is 4.01. The van der Waals surface area contributed by atoms with Crippen molar-refractivity contribution in [3.05, 3.63) is 58.1 Å². The number of esters is 3. The van der Waals surface area contributed by atoms with Crippen molar-refractivity contribution in [2.45, 2.75) is 58.0 Å². The van der Waals surface area contributed by atoms with E-state index in [-0.39, 0.29) is 24.5 Å². The number of phenolic OH excluding ortho intramolecular Hbond substituents is 1. The third kappa shape index (κ3) is 7.10. The number of benzene rings is 2. The molecule has 0 amide bonds. The minimum absolute atomic E-state index is 0.0104. The monoisotopic (exact) mass is 505 g/mol. The zero-order valence-electron chi connectivity index (χ0n) is 19.7. The molecule has 1 aliphatic rings. The second-order valence-corrected chi connectivity index (χ2v) is 8.77. The van der Waals surface area contributed by atoms with E-state index in [1.165, 1.54) is 26.8 Å². The molecule has 2 aromatic carbocycles. The molecule has 0 radical (unpaired) electrons. The zero-order chi connectivity index (χ0) is 25.7. The highest BCUT2D eigenvalue weighted by molar-refractivity contribution is 6.31. The van der Waals surface area contributed by atoms with Gasteiger partial charge < -0.3 is 29.8 Å². The molecule has 1 heterocycles. The minimum atomic E-state index is -0.927. The van der Waals surface area contributed by atoms with Crippen molar-refractivity contribution in [1.29, 1.82) is 0 Å². The van der Waals surface area contributed by atoms with Crippen LogP contribution < -0.4 is 5.73 Å². The summed E-state index contributed by atoms with van der Waals surface area (Å²) in [5.41, 5.74) is 8.26. The number of nitrogens with two attached hydrogens (primary N) is 1. The Balaban J connectivity index is 1.96. The van der Waals surface area contributed by atoms with Crippen LogP contribution in [0.5, 0.6) is 5.75 Å². The van der Waals surface area contributed by atoms with E-state index in [4.69, 9.17) is 36.3 Å². The first kappa shape index (κ1) is 26.3. The largest absolute Gasteiger partial charge is 0.506 e. The molecule has 0 unspecified atom stereocenters. The molecule has 1 saturated heterocycles. The van der Waals surface area contributed by atoms with Crippen LogP contribution >= 0.6 is 11.6 Å². The van der Waals surface area contributed by atoms with E-state index in [9.17, 15) is 19.5 Å². The normalized spacial score (nSPS) is 21.7. The summed E-state index contributed by atoms with van der Waals surface area (Å²) >= 11 is 6.45. The van der Waals surface area contributed by atoms with Crippen LogP contribution in [0.25, 0.3) is 0 Å². The quantitative estimate of drug-likeness (QED) is 0.251. The Hall–Kier alpha value is -3.30. The van der Waals surface area contributed by atoms with Crippen molar-refractivity contribution in [3.8, 4) is 5.75 Å². The van der Waals surface area contributed by atoms with Crippen LogP contribution in [0, 0.1) is 0 Å². The molecule has 0 spiro atoms. The number of aromatic hydroxyl groups is 1. The van der Waals surface area contributed by atoms with Crippen molar-refractivity contribution in [2.75, 3.05) is 12.3 Å². The third-order valence-corrected chi connectivity index (χ3v) is 5.84. The molecule has 4 atom stereocenters. The van der Waals surface area contributed by atoms with Crippen LogP contribution in [0.4, 0.5) is 5.69 Å². The van der Waals surface area contributed by atoms with Gasteiger partial charge in [0.1, 0.15) is 24.6 Å². The molecule has 0 bridgehead atoms. The van der Waals surface area contributed by atoms with Crippen LogP contribution in [0.2, 0.25) is 5.02 Å². The Kier molecular flexibility index (Phi) is 8.58. The molecule has 9 nitrogen and oxygen atoms in total. The maximum absolute atomic E-state index is 11.9. The lowest BCUT2D eigenvalue weighted by molar-refractivity contribution is -0.214. The van der Waals surface area contributed by atoms with Crippen LogP contribution in [-0.4, -0.2) is 47.9 Å². The Morgan fingerprint density at radius 2 is 1.77 bits per heavy atom. The molecule has 0 saturated carbocycles. The number of hydrogen-bond donors (Lipinski definition) is 2. The van der Waals surface area contributed by atoms with Gasteiger partial charge in [0.2, 0.25) is 0 Å². The summed E-state index contributed by atoms with van der Waals surface area (Å²) in [5, 5.41) is 10.2. The first-order chi connectivity index (χ1) is 16.5. The van der Waals surface area contributed by atoms with Crippen LogP contribution in [0.3, 0.4) is 0 Å². The van der Waals surface area contributed by atoms with Crippen molar-refractivity contribution in [3.63, 3.8) is 0 Å². The van der Waals surface area contributed by atoms with Gasteiger partial charge in [0.25, 0.3) is 0 Å². The van der Waals surface area contributed by atoms with Crippen molar-refractivity contribution >= 4 is 35.2 Å². The topological polar surface area (TPSA) is 134 Å². The lowest BCUT2D eigenvalue weighted by Gasteiger charge is -2.40. The molecular weight excluding hydrogens is 478 g/mol. The molecule has 0 aliphatic carbocycles. The second kappa shape index (κ2) is 11.4. The molecule has 1 fully saturated rings. The summed E-state index contributed by atoms with van der Waals surface area (Å²) in [6.07, 6.45) is -2.58. The fraction of sp³-hybridized carbons (Fsp3) is 0.400. The van der Waals surface area contributed by atoms with E-state index < -0.39 is 42.3 Å². The van der Waals surface area contributed by atoms with E-state index in [0.717, 1.165) is 11.1 Å². The molecule has 0 aromatic heterocycles. The summed E-state index contributed by atoms with van der Waals surface area (Å²) in [5.74, 6) is -1.59. The lowest BCUT2D eigenvalue weighted by atomic mass is 9.91. The molecule has 2 aromatic rings. The van der Waals surface area contributed by atoms with E-state index in [0.29, 0.717) is 17.0 Å². The first-order valence-electron chi connectivity index (χ1n) is 11.0. The number of carbonyl (C=O) groups excluding carboxylic acids is 3. The highest BCUT2D eigenvalue weighted by Crippen LogP contribution is 2.37. The molecule has 1 aliphatic heterocycles. The fourth-order valence-corrected chi connectivity index (χ4v) is 4.20. The van der Waals surface area contributed by atoms with Gasteiger partial charge in [-0.05, 0) is 41.3 Å². The van der Waals surface area contributed by atoms with Crippen molar-refractivity contribution in [2.24, 2.45) is 0 Å². The van der Waals surface area contributed by atoms with Gasteiger partial charge >= 0.3 is 17.9 Å². The summed E-state index contributed by atoms with van der Waals surface area (Å²) < 4.78 is 22.3. The summed E-state index contributed by atoms with van der Waals surface area (Å²) in [6.45, 7) is 3.76. The van der Waals surface area contributed by atoms with E-state index >= 15 is 0 Å². The Labute approximate surface area is 208 Å². The number of carbonyl (C=O) groups is 3.